The summed E-state index contributed by atoms with van der Waals surface area (Å²) in [5, 5.41) is 10.9. The van der Waals surface area contributed by atoms with Gasteiger partial charge in [-0.25, -0.2) is 0 Å². The molecule has 3 heterocycles. The summed E-state index contributed by atoms with van der Waals surface area (Å²) in [5.41, 5.74) is 0. The fourth-order valence-corrected chi connectivity index (χ4v) is 9.38. The van der Waals surface area contributed by atoms with Gasteiger partial charge in [-0.1, -0.05) is 42.7 Å². The number of amides is 5. The van der Waals surface area contributed by atoms with Gasteiger partial charge in [0.1, 0.15) is 18.1 Å². The molecule has 0 unspecified atom stereocenters. The molecule has 4 N–H and O–H groups in total. The molecule has 11 nitrogen and oxygen atoms in total. The second-order valence-corrected chi connectivity index (χ2v) is 15.1. The topological polar surface area (TPSA) is 149 Å². The summed E-state index contributed by atoms with van der Waals surface area (Å²) in [6, 6.07) is -3.20. The molecular weight excluding hydrogens is 627 g/mol. The van der Waals surface area contributed by atoms with Crippen LogP contribution in [-0.2, 0) is 40.2 Å². The molecule has 6 rings (SSSR count). The molecule has 0 radical (unpaired) electrons. The minimum Gasteiger partial charge on any atom is -0.356 e. The van der Waals surface area contributed by atoms with Crippen LogP contribution in [0.1, 0.15) is 89.9 Å². The van der Waals surface area contributed by atoms with Gasteiger partial charge in [-0.05, 0) is 69.1 Å². The van der Waals surface area contributed by atoms with Crippen molar-refractivity contribution < 1.29 is 41.3 Å². The van der Waals surface area contributed by atoms with E-state index in [1.54, 1.807) is 0 Å². The number of likely N-dealkylation sites (tertiary alicyclic amines) is 1. The van der Waals surface area contributed by atoms with Gasteiger partial charge in [0, 0.05) is 25.0 Å². The minimum absolute atomic E-state index is 0.000918. The number of fused-ring (bicyclic) bond motifs is 1. The Labute approximate surface area is 270 Å². The van der Waals surface area contributed by atoms with Gasteiger partial charge >= 0.3 is 22.9 Å². The Kier molecular flexibility index (Phi) is 9.80. The Morgan fingerprint density at radius 3 is 2.28 bits per heavy atom. The highest BCUT2D eigenvalue weighted by Crippen LogP contribution is 2.44. The van der Waals surface area contributed by atoms with Gasteiger partial charge in [0.2, 0.25) is 17.7 Å². The summed E-state index contributed by atoms with van der Waals surface area (Å²) in [4.78, 5) is 66.8. The van der Waals surface area contributed by atoms with Crippen molar-refractivity contribution in [3.8, 4) is 0 Å². The van der Waals surface area contributed by atoms with Crippen molar-refractivity contribution in [2.75, 3.05) is 13.1 Å². The molecule has 256 valence electrons. The van der Waals surface area contributed by atoms with E-state index in [9.17, 15) is 37.1 Å². The van der Waals surface area contributed by atoms with Crippen LogP contribution in [0.4, 0.5) is 13.2 Å². The number of nitrogens with zero attached hydrogens (tertiary/aromatic N) is 1. The fraction of sp³-hybridized carbons (Fsp3) is 0.839. The van der Waals surface area contributed by atoms with Crippen molar-refractivity contribution in [1.82, 2.24) is 26.2 Å². The van der Waals surface area contributed by atoms with Gasteiger partial charge in [0.15, 0.2) is 12.0 Å². The summed E-state index contributed by atoms with van der Waals surface area (Å²) in [7, 11) is 0. The number of halogens is 3. The van der Waals surface area contributed by atoms with E-state index in [2.05, 4.69) is 16.0 Å². The third-order valence-corrected chi connectivity index (χ3v) is 12.2. The Bertz CT molecular complexity index is 1210. The first-order valence-electron chi connectivity index (χ1n) is 17.0. The molecule has 0 aromatic carbocycles. The highest BCUT2D eigenvalue weighted by atomic mass is 32.2. The van der Waals surface area contributed by atoms with Crippen LogP contribution in [0.5, 0.6) is 0 Å². The zero-order chi connectivity index (χ0) is 32.6. The van der Waals surface area contributed by atoms with E-state index in [0.717, 1.165) is 57.8 Å². The number of hydrogen-bond donors (Lipinski definition) is 4. The average molecular weight is 673 g/mol. The van der Waals surface area contributed by atoms with Crippen LogP contribution < -0.4 is 21.3 Å². The number of thiol groups is 1. The van der Waals surface area contributed by atoms with Gasteiger partial charge in [-0.3, -0.25) is 24.0 Å². The molecule has 0 spiro atoms. The molecule has 3 aliphatic heterocycles. The molecule has 6 aliphatic rings. The van der Waals surface area contributed by atoms with E-state index in [-0.39, 0.29) is 42.7 Å². The van der Waals surface area contributed by atoms with E-state index in [1.165, 1.54) is 4.90 Å². The van der Waals surface area contributed by atoms with Gasteiger partial charge < -0.3 is 26.2 Å². The molecule has 3 saturated carbocycles. The number of hydrogen-bond acceptors (Lipinski definition) is 6. The summed E-state index contributed by atoms with van der Waals surface area (Å²) in [5.74, 6) is -4.94. The van der Waals surface area contributed by atoms with Crippen LogP contribution in [0.25, 0.3) is 0 Å². The van der Waals surface area contributed by atoms with Crippen LogP contribution in [0.2, 0.25) is 0 Å². The number of carbonyl (C=O) groups excluding carboxylic acids is 5. The second kappa shape index (κ2) is 13.5. The van der Waals surface area contributed by atoms with Gasteiger partial charge in [0.05, 0.1) is 0 Å². The van der Waals surface area contributed by atoms with Crippen LogP contribution in [-0.4, -0.2) is 82.8 Å². The maximum absolute atomic E-state index is 14.3. The summed E-state index contributed by atoms with van der Waals surface area (Å²) < 4.78 is 45.9. The Morgan fingerprint density at radius 1 is 0.957 bits per heavy atom. The maximum Gasteiger partial charge on any atom is 0.471 e. The highest BCUT2D eigenvalue weighted by molar-refractivity contribution is 7.82. The Morgan fingerprint density at radius 2 is 1.65 bits per heavy atom. The first-order valence-corrected chi connectivity index (χ1v) is 17.8. The monoisotopic (exact) mass is 672 g/mol. The summed E-state index contributed by atoms with van der Waals surface area (Å²) in [6.07, 6.45) is 5.02. The zero-order valence-corrected chi connectivity index (χ0v) is 26.8. The zero-order valence-electron chi connectivity index (χ0n) is 25.9. The SMILES string of the molecule is O=C1NCC[C@H]1C[C@H](NC(=O)[C@@H]1[C@H]2CCC[C@H]2CN1C(=O)[C@@H](NC(=O)C(F)(F)F)C1CCCCC1)[C@]1(C(=O)NC2CCCC2)O[SH+]1. The van der Waals surface area contributed by atoms with Crippen LogP contribution in [0.3, 0.4) is 0 Å². The number of rotatable bonds is 10. The van der Waals surface area contributed by atoms with Crippen LogP contribution >= 0.6 is 0 Å². The highest BCUT2D eigenvalue weighted by Gasteiger charge is 2.73. The molecule has 0 aromatic rings. The Hall–Kier alpha value is -2.55. The molecule has 6 fully saturated rings. The lowest BCUT2D eigenvalue weighted by atomic mass is 9.83. The molecular formula is C31H45F3N5O6S+. The predicted molar refractivity (Wildman–Crippen MR) is 162 cm³/mol. The molecule has 0 bridgehead atoms. The standard InChI is InChI=1S/C31H44F3N5O6S/c32-31(33,34)29(44)38-23(17-7-2-1-3-8-17)27(42)39-16-19-9-6-12-21(19)24(39)26(41)37-22(15-18-13-14-35-25(18)40)30(45-46-30)28(43)36-20-10-4-5-11-20/h17-24H,1-16H2,(H,35,40)(H,36,43)(H,37,41)(H,38,44)/p+1/t18-,19-,21-,22-,23-,24-,30-/m0/s1. The molecule has 15 heteroatoms. The maximum atomic E-state index is 14.3. The minimum atomic E-state index is -5.15. The van der Waals surface area contributed by atoms with Crippen LogP contribution in [0, 0.1) is 23.7 Å². The molecule has 3 aliphatic carbocycles. The van der Waals surface area contributed by atoms with Gasteiger partial charge in [-0.2, -0.15) is 13.2 Å². The smallest absolute Gasteiger partial charge is 0.356 e. The third kappa shape index (κ3) is 6.86. The normalized spacial score (nSPS) is 32.8. The van der Waals surface area contributed by atoms with Crippen LogP contribution in [0.15, 0.2) is 0 Å². The average Bonchev–Trinajstić information content (AvgIpc) is 3.40. The van der Waals surface area contributed by atoms with Crippen molar-refractivity contribution in [2.45, 2.75) is 125 Å². The molecule has 3 saturated heterocycles. The molecule has 0 aromatic heterocycles. The van der Waals surface area contributed by atoms with Crippen molar-refractivity contribution in [2.24, 2.45) is 23.7 Å². The second-order valence-electron chi connectivity index (χ2n) is 14.0. The van der Waals surface area contributed by atoms with Crippen molar-refractivity contribution >= 4 is 41.6 Å². The lowest BCUT2D eigenvalue weighted by Crippen LogP contribution is -2.61. The van der Waals surface area contributed by atoms with E-state index >= 15 is 0 Å². The molecule has 7 atom stereocenters. The van der Waals surface area contributed by atoms with Crippen molar-refractivity contribution in [3.05, 3.63) is 0 Å². The predicted octanol–water partition coefficient (Wildman–Crippen LogP) is 1.77. The van der Waals surface area contributed by atoms with E-state index in [1.807, 2.05) is 5.32 Å². The number of nitrogens with one attached hydrogen (secondary N) is 4. The quantitative estimate of drug-likeness (QED) is 0.158. The van der Waals surface area contributed by atoms with Crippen molar-refractivity contribution in [1.29, 1.82) is 0 Å². The Balaban J connectivity index is 1.25. The summed E-state index contributed by atoms with van der Waals surface area (Å²) in [6.45, 7) is 0.704. The van der Waals surface area contributed by atoms with Gasteiger partial charge in [-0.15, -0.1) is 0 Å². The van der Waals surface area contributed by atoms with E-state index < -0.39 is 58.8 Å². The molecule has 46 heavy (non-hydrogen) atoms. The third-order valence-electron chi connectivity index (χ3n) is 11.1. The van der Waals surface area contributed by atoms with E-state index in [0.29, 0.717) is 44.3 Å². The van der Waals surface area contributed by atoms with Crippen molar-refractivity contribution in [3.63, 3.8) is 0 Å². The van der Waals surface area contributed by atoms with Gasteiger partial charge in [0.25, 0.3) is 0 Å². The van der Waals surface area contributed by atoms with E-state index in [4.69, 9.17) is 4.18 Å². The fourth-order valence-electron chi connectivity index (χ4n) is 8.62. The summed E-state index contributed by atoms with van der Waals surface area (Å²) >= 11 is 0.371. The lowest BCUT2D eigenvalue weighted by Gasteiger charge is -2.36. The lowest BCUT2D eigenvalue weighted by molar-refractivity contribution is -0.175. The molecule has 5 amide bonds. The largest absolute Gasteiger partial charge is 0.471 e. The number of alkyl halides is 3. The number of carbonyl (C=O) groups is 5. The first kappa shape index (κ1) is 33.4. The first-order chi connectivity index (χ1) is 22.0.